The topological polar surface area (TPSA) is 96.0 Å². The van der Waals surface area contributed by atoms with Crippen LogP contribution in [-0.4, -0.2) is 22.8 Å². The summed E-state index contributed by atoms with van der Waals surface area (Å²) in [5, 5.41) is 22.0. The van der Waals surface area contributed by atoms with Gasteiger partial charge in [-0.15, -0.1) is 0 Å². The molecule has 1 N–H and O–H groups in total. The van der Waals surface area contributed by atoms with Crippen molar-refractivity contribution in [2.75, 3.05) is 17.3 Å². The van der Waals surface area contributed by atoms with E-state index < -0.39 is 4.92 Å². The summed E-state index contributed by atoms with van der Waals surface area (Å²) in [6.45, 7) is 0. The summed E-state index contributed by atoms with van der Waals surface area (Å²) >= 11 is 1.52. The van der Waals surface area contributed by atoms with Gasteiger partial charge in [-0.1, -0.05) is 0 Å². The van der Waals surface area contributed by atoms with Gasteiger partial charge >= 0.3 is 0 Å². The molecule has 6 nitrogen and oxygen atoms in total. The predicted octanol–water partition coefficient (Wildman–Crippen LogP) is 2.16. The fourth-order valence-electron chi connectivity index (χ4n) is 1.27. The summed E-state index contributed by atoms with van der Waals surface area (Å²) in [7, 11) is 0. The molecule has 1 aromatic carbocycles. The fourth-order valence-corrected chi connectivity index (χ4v) is 1.65. The van der Waals surface area contributed by atoms with Crippen molar-refractivity contribution in [3.8, 4) is 6.07 Å². The van der Waals surface area contributed by atoms with Crippen molar-refractivity contribution < 1.29 is 9.72 Å². The number of nitrogens with zero attached hydrogens (tertiary/aromatic N) is 2. The van der Waals surface area contributed by atoms with E-state index in [1.165, 1.54) is 23.9 Å². The number of benzene rings is 1. The predicted molar refractivity (Wildman–Crippen MR) is 69.4 cm³/mol. The number of hydrogen-bond donors (Lipinski definition) is 1. The van der Waals surface area contributed by atoms with Crippen LogP contribution in [0.2, 0.25) is 0 Å². The Bertz CT molecular complexity index is 511. The van der Waals surface area contributed by atoms with E-state index in [0.717, 1.165) is 6.07 Å². The molecule has 0 spiro atoms. The second kappa shape index (κ2) is 6.61. The van der Waals surface area contributed by atoms with Gasteiger partial charge in [-0.05, 0) is 18.4 Å². The molecule has 94 valence electrons. The summed E-state index contributed by atoms with van der Waals surface area (Å²) in [6.07, 6.45) is 2.16. The molecular formula is C11H11N3O3S. The van der Waals surface area contributed by atoms with E-state index in [4.69, 9.17) is 5.26 Å². The number of nitro groups is 1. The molecule has 0 saturated carbocycles. The largest absolute Gasteiger partial charge is 0.320 e. The van der Waals surface area contributed by atoms with Crippen LogP contribution in [-0.2, 0) is 4.79 Å². The number of hydrogen-bond acceptors (Lipinski definition) is 5. The zero-order valence-electron chi connectivity index (χ0n) is 9.67. The standard InChI is InChI=1S/C11H11N3O3S/c1-18-5-4-11(15)13-9-3-2-8(7-12)6-10(9)14(16)17/h2-3,6H,4-5H2,1H3,(H,13,15). The number of rotatable bonds is 5. The zero-order chi connectivity index (χ0) is 13.5. The number of nitrogens with one attached hydrogen (secondary N) is 1. The molecule has 7 heteroatoms. The molecule has 0 aromatic heterocycles. The Hall–Kier alpha value is -2.07. The third kappa shape index (κ3) is 3.75. The lowest BCUT2D eigenvalue weighted by molar-refractivity contribution is -0.383. The second-order valence-corrected chi connectivity index (χ2v) is 4.38. The number of nitro benzene ring substituents is 1. The smallest absolute Gasteiger partial charge is 0.294 e. The van der Waals surface area contributed by atoms with Gasteiger partial charge in [0.25, 0.3) is 5.69 Å². The van der Waals surface area contributed by atoms with Gasteiger partial charge in [-0.25, -0.2) is 0 Å². The first-order valence-corrected chi connectivity index (χ1v) is 6.45. The molecule has 0 aliphatic rings. The van der Waals surface area contributed by atoms with E-state index in [9.17, 15) is 14.9 Å². The van der Waals surface area contributed by atoms with Crippen molar-refractivity contribution in [1.82, 2.24) is 0 Å². The molecule has 1 aromatic rings. The van der Waals surface area contributed by atoms with Crippen LogP contribution in [0.1, 0.15) is 12.0 Å². The van der Waals surface area contributed by atoms with E-state index in [-0.39, 0.29) is 22.8 Å². The number of carbonyl (C=O) groups excluding carboxylic acids is 1. The molecule has 0 unspecified atom stereocenters. The molecular weight excluding hydrogens is 254 g/mol. The van der Waals surface area contributed by atoms with Gasteiger partial charge < -0.3 is 5.32 Å². The Morgan fingerprint density at radius 1 is 1.61 bits per heavy atom. The van der Waals surface area contributed by atoms with Gasteiger partial charge in [0.15, 0.2) is 0 Å². The van der Waals surface area contributed by atoms with Crippen molar-refractivity contribution in [3.05, 3.63) is 33.9 Å². The van der Waals surface area contributed by atoms with Crippen LogP contribution in [0.3, 0.4) is 0 Å². The minimum Gasteiger partial charge on any atom is -0.320 e. The van der Waals surface area contributed by atoms with Crippen molar-refractivity contribution in [2.45, 2.75) is 6.42 Å². The van der Waals surface area contributed by atoms with Crippen molar-refractivity contribution >= 4 is 29.0 Å². The number of anilines is 1. The van der Waals surface area contributed by atoms with Gasteiger partial charge in [0, 0.05) is 18.2 Å². The maximum absolute atomic E-state index is 11.5. The van der Waals surface area contributed by atoms with Crippen molar-refractivity contribution in [3.63, 3.8) is 0 Å². The maximum Gasteiger partial charge on any atom is 0.294 e. The highest BCUT2D eigenvalue weighted by Crippen LogP contribution is 2.25. The first-order chi connectivity index (χ1) is 8.58. The number of thioether (sulfide) groups is 1. The summed E-state index contributed by atoms with van der Waals surface area (Å²) in [6, 6.07) is 5.76. The van der Waals surface area contributed by atoms with E-state index in [1.54, 1.807) is 0 Å². The number of carbonyl (C=O) groups is 1. The van der Waals surface area contributed by atoms with Gasteiger partial charge in [-0.3, -0.25) is 14.9 Å². The van der Waals surface area contributed by atoms with E-state index >= 15 is 0 Å². The first-order valence-electron chi connectivity index (χ1n) is 5.05. The lowest BCUT2D eigenvalue weighted by Crippen LogP contribution is -2.13. The highest BCUT2D eigenvalue weighted by Gasteiger charge is 2.16. The van der Waals surface area contributed by atoms with Crippen LogP contribution in [0.15, 0.2) is 18.2 Å². The SMILES string of the molecule is CSCCC(=O)Nc1ccc(C#N)cc1[N+](=O)[O-]. The van der Waals surface area contributed by atoms with Crippen LogP contribution >= 0.6 is 11.8 Å². The van der Waals surface area contributed by atoms with Crippen molar-refractivity contribution in [1.29, 1.82) is 5.26 Å². The summed E-state index contributed by atoms with van der Waals surface area (Å²) < 4.78 is 0. The molecule has 0 fully saturated rings. The molecule has 18 heavy (non-hydrogen) atoms. The molecule has 0 radical (unpaired) electrons. The lowest BCUT2D eigenvalue weighted by atomic mass is 10.2. The van der Waals surface area contributed by atoms with E-state index in [2.05, 4.69) is 5.32 Å². The molecule has 0 aliphatic heterocycles. The number of amides is 1. The summed E-state index contributed by atoms with van der Waals surface area (Å²) in [5.41, 5.74) is 0.0282. The minimum atomic E-state index is -0.620. The Kier molecular flexibility index (Phi) is 5.14. The lowest BCUT2D eigenvalue weighted by Gasteiger charge is -2.05. The highest BCUT2D eigenvalue weighted by molar-refractivity contribution is 7.98. The molecule has 1 amide bonds. The van der Waals surface area contributed by atoms with E-state index in [1.807, 2.05) is 12.3 Å². The van der Waals surface area contributed by atoms with Gasteiger partial charge in [0.1, 0.15) is 5.69 Å². The van der Waals surface area contributed by atoms with Gasteiger partial charge in [-0.2, -0.15) is 17.0 Å². The Morgan fingerprint density at radius 3 is 2.89 bits per heavy atom. The molecule has 0 atom stereocenters. The Morgan fingerprint density at radius 2 is 2.33 bits per heavy atom. The average molecular weight is 265 g/mol. The highest BCUT2D eigenvalue weighted by atomic mass is 32.2. The van der Waals surface area contributed by atoms with Crippen LogP contribution < -0.4 is 5.32 Å². The Balaban J connectivity index is 2.92. The molecule has 0 bridgehead atoms. The molecule has 0 heterocycles. The maximum atomic E-state index is 11.5. The molecule has 0 aliphatic carbocycles. The third-order valence-corrected chi connectivity index (χ3v) is 2.74. The quantitative estimate of drug-likeness (QED) is 0.650. The van der Waals surface area contributed by atoms with Crippen LogP contribution in [0.4, 0.5) is 11.4 Å². The van der Waals surface area contributed by atoms with Crippen molar-refractivity contribution in [2.24, 2.45) is 0 Å². The van der Waals surface area contributed by atoms with Crippen LogP contribution in [0.25, 0.3) is 0 Å². The minimum absolute atomic E-state index is 0.116. The first kappa shape index (κ1) is 14.0. The number of nitriles is 1. The normalized spacial score (nSPS) is 9.56. The average Bonchev–Trinajstić information content (AvgIpc) is 2.36. The van der Waals surface area contributed by atoms with Gasteiger partial charge in [0.05, 0.1) is 16.6 Å². The second-order valence-electron chi connectivity index (χ2n) is 3.39. The van der Waals surface area contributed by atoms with Crippen LogP contribution in [0.5, 0.6) is 0 Å². The molecule has 1 rings (SSSR count). The van der Waals surface area contributed by atoms with E-state index in [0.29, 0.717) is 12.2 Å². The third-order valence-electron chi connectivity index (χ3n) is 2.13. The van der Waals surface area contributed by atoms with Gasteiger partial charge in [0.2, 0.25) is 5.91 Å². The van der Waals surface area contributed by atoms with Crippen LogP contribution in [0, 0.1) is 21.4 Å². The monoisotopic (exact) mass is 265 g/mol. The zero-order valence-corrected chi connectivity index (χ0v) is 10.5. The summed E-state index contributed by atoms with van der Waals surface area (Å²) in [4.78, 5) is 21.7. The summed E-state index contributed by atoms with van der Waals surface area (Å²) in [5.74, 6) is 0.368. The fraction of sp³-hybridized carbons (Fsp3) is 0.273. The molecule has 0 saturated heterocycles. The Labute approximate surface area is 108 Å².